The van der Waals surface area contributed by atoms with Gasteiger partial charge in [-0.05, 0) is 91.4 Å². The predicted octanol–water partition coefficient (Wildman–Crippen LogP) is 8.09. The summed E-state index contributed by atoms with van der Waals surface area (Å²) in [6.07, 6.45) is 5.64. The maximum atomic E-state index is 12.8. The molecule has 0 saturated heterocycles. The lowest BCUT2D eigenvalue weighted by Gasteiger charge is -2.28. The molecule has 1 aliphatic rings. The molecule has 52 heavy (non-hydrogen) atoms. The zero-order valence-electron chi connectivity index (χ0n) is 31.1. The highest BCUT2D eigenvalue weighted by molar-refractivity contribution is 6.02. The number of benzene rings is 4. The smallest absolute Gasteiger partial charge is 0.255 e. The Kier molecular flexibility index (Phi) is 12.6. The van der Waals surface area contributed by atoms with E-state index in [9.17, 15) is 4.79 Å². The number of nitrogens with one attached hydrogen (secondary N) is 2. The number of carbonyl (C=O) groups excluding carboxylic acids is 1. The highest BCUT2D eigenvalue weighted by Gasteiger charge is 2.26. The lowest BCUT2D eigenvalue weighted by atomic mass is 10.0. The van der Waals surface area contributed by atoms with E-state index < -0.39 is 6.17 Å². The lowest BCUT2D eigenvalue weighted by Crippen LogP contribution is -2.38. The van der Waals surface area contributed by atoms with Crippen molar-refractivity contribution in [2.24, 2.45) is 0 Å². The molecule has 276 valence electrons. The quantitative estimate of drug-likeness (QED) is 0.0823. The first-order valence-electron chi connectivity index (χ1n) is 17.1. The van der Waals surface area contributed by atoms with Crippen molar-refractivity contribution in [2.45, 2.75) is 45.4 Å². The number of fused-ring (bicyclic) bond motifs is 1. The summed E-state index contributed by atoms with van der Waals surface area (Å²) < 4.78 is 46.2. The third-order valence-electron chi connectivity index (χ3n) is 8.82. The molecule has 0 spiro atoms. The molecule has 5 rings (SSSR count). The second kappa shape index (κ2) is 17.5. The molecule has 0 radical (unpaired) electrons. The van der Waals surface area contributed by atoms with Gasteiger partial charge < -0.3 is 48.5 Å². The van der Waals surface area contributed by atoms with E-state index >= 15 is 0 Å². The van der Waals surface area contributed by atoms with Crippen molar-refractivity contribution in [3.63, 3.8) is 0 Å². The van der Waals surface area contributed by atoms with E-state index in [0.717, 1.165) is 47.2 Å². The summed E-state index contributed by atoms with van der Waals surface area (Å²) in [5.74, 6) is 4.42. The maximum absolute atomic E-state index is 12.8. The molecule has 0 fully saturated rings. The fourth-order valence-electron chi connectivity index (χ4n) is 6.03. The third-order valence-corrected chi connectivity index (χ3v) is 8.82. The van der Waals surface area contributed by atoms with Crippen LogP contribution in [0.25, 0.3) is 12.2 Å². The van der Waals surface area contributed by atoms with Crippen LogP contribution in [0.4, 0.5) is 5.69 Å². The number of hydrogen-bond donors (Lipinski definition) is 2. The van der Waals surface area contributed by atoms with Crippen LogP contribution in [-0.4, -0.2) is 61.3 Å². The van der Waals surface area contributed by atoms with Gasteiger partial charge in [0.25, 0.3) is 5.91 Å². The van der Waals surface area contributed by atoms with E-state index in [0.29, 0.717) is 58.2 Å². The van der Waals surface area contributed by atoms with Gasteiger partial charge in [-0.3, -0.25) is 4.79 Å². The Morgan fingerprint density at radius 2 is 1.27 bits per heavy atom. The minimum atomic E-state index is -0.395. The highest BCUT2D eigenvalue weighted by Crippen LogP contribution is 2.42. The molecule has 4 aromatic rings. The molecule has 1 aliphatic heterocycles. The van der Waals surface area contributed by atoms with Crippen molar-refractivity contribution in [1.29, 1.82) is 0 Å². The largest absolute Gasteiger partial charge is 0.493 e. The summed E-state index contributed by atoms with van der Waals surface area (Å²) in [6.45, 7) is 4.50. The minimum Gasteiger partial charge on any atom is -0.493 e. The van der Waals surface area contributed by atoms with Crippen LogP contribution in [0.1, 0.15) is 65.0 Å². The third kappa shape index (κ3) is 8.59. The Balaban J connectivity index is 1.21. The number of carbonyl (C=O) groups is 1. The summed E-state index contributed by atoms with van der Waals surface area (Å²) in [7, 11) is 9.58. The first-order chi connectivity index (χ1) is 25.2. The number of methoxy groups -OCH3 is 6. The molecule has 2 atom stereocenters. The van der Waals surface area contributed by atoms with Crippen LogP contribution in [0.15, 0.2) is 60.7 Å². The van der Waals surface area contributed by atoms with Gasteiger partial charge in [-0.2, -0.15) is 0 Å². The zero-order valence-corrected chi connectivity index (χ0v) is 31.1. The molecule has 2 unspecified atom stereocenters. The first-order valence-corrected chi connectivity index (χ1v) is 17.1. The van der Waals surface area contributed by atoms with Gasteiger partial charge in [-0.25, -0.2) is 0 Å². The average molecular weight is 713 g/mol. The van der Waals surface area contributed by atoms with Crippen LogP contribution < -0.4 is 48.5 Å². The number of ether oxygens (including phenoxy) is 8. The van der Waals surface area contributed by atoms with Gasteiger partial charge >= 0.3 is 0 Å². The summed E-state index contributed by atoms with van der Waals surface area (Å²) >= 11 is 0. The molecule has 4 aromatic carbocycles. The number of aryl methyl sites for hydroxylation is 1. The van der Waals surface area contributed by atoms with Crippen LogP contribution in [0.3, 0.4) is 0 Å². The van der Waals surface area contributed by atoms with Crippen LogP contribution in [0.5, 0.6) is 46.0 Å². The summed E-state index contributed by atoms with van der Waals surface area (Å²) in [5.41, 5.74) is 5.04. The van der Waals surface area contributed by atoms with Gasteiger partial charge in [-0.1, -0.05) is 36.8 Å². The van der Waals surface area contributed by atoms with Gasteiger partial charge in [0.1, 0.15) is 6.17 Å². The maximum Gasteiger partial charge on any atom is 0.255 e. The average Bonchev–Trinajstić information content (AvgIpc) is 3.17. The molecule has 2 N–H and O–H groups in total. The van der Waals surface area contributed by atoms with Crippen LogP contribution in [-0.2, 0) is 0 Å². The fourth-order valence-corrected chi connectivity index (χ4v) is 6.03. The topological polar surface area (TPSA) is 115 Å². The first kappa shape index (κ1) is 37.5. The van der Waals surface area contributed by atoms with Crippen molar-refractivity contribution >= 4 is 23.7 Å². The molecule has 1 heterocycles. The Bertz CT molecular complexity index is 1840. The van der Waals surface area contributed by atoms with E-state index in [4.69, 9.17) is 37.9 Å². The van der Waals surface area contributed by atoms with E-state index in [1.54, 1.807) is 42.7 Å². The van der Waals surface area contributed by atoms with Gasteiger partial charge in [-0.15, -0.1) is 0 Å². The molecule has 11 heteroatoms. The molecule has 0 bridgehead atoms. The number of rotatable bonds is 17. The van der Waals surface area contributed by atoms with Crippen molar-refractivity contribution in [2.75, 3.05) is 54.6 Å². The van der Waals surface area contributed by atoms with Crippen molar-refractivity contribution < 1.29 is 42.7 Å². The summed E-state index contributed by atoms with van der Waals surface area (Å²) in [5, 5.41) is 6.43. The monoisotopic (exact) mass is 712 g/mol. The SMILES string of the molecule is CCC(CCCOc1ccc(C2NC(=O)c3cc(C)ccc3N2)cc1OC)Oc1c(OC)cc(/C=C\c2cc(OC)c(OC)c(OC)c2)cc1OC. The zero-order chi connectivity index (χ0) is 37.2. The van der Waals surface area contributed by atoms with E-state index in [1.807, 2.05) is 79.7 Å². The molecule has 0 aromatic heterocycles. The second-order valence-corrected chi connectivity index (χ2v) is 12.2. The summed E-state index contributed by atoms with van der Waals surface area (Å²) in [4.78, 5) is 12.8. The highest BCUT2D eigenvalue weighted by atomic mass is 16.5. The summed E-state index contributed by atoms with van der Waals surface area (Å²) in [6, 6.07) is 19.0. The number of amides is 1. The van der Waals surface area contributed by atoms with Crippen molar-refractivity contribution in [1.82, 2.24) is 5.32 Å². The Labute approximate surface area is 305 Å². The Morgan fingerprint density at radius 3 is 1.83 bits per heavy atom. The molecule has 0 saturated carbocycles. The van der Waals surface area contributed by atoms with Gasteiger partial charge in [0.2, 0.25) is 11.5 Å². The molecule has 11 nitrogen and oxygen atoms in total. The molecular weight excluding hydrogens is 664 g/mol. The van der Waals surface area contributed by atoms with Crippen LogP contribution in [0.2, 0.25) is 0 Å². The molecule has 1 amide bonds. The van der Waals surface area contributed by atoms with Gasteiger partial charge in [0, 0.05) is 5.69 Å². The Hall–Kier alpha value is -5.71. The predicted molar refractivity (Wildman–Crippen MR) is 202 cm³/mol. The van der Waals surface area contributed by atoms with Gasteiger partial charge in [0.15, 0.2) is 34.5 Å². The normalized spacial score (nSPS) is 14.1. The van der Waals surface area contributed by atoms with Crippen LogP contribution in [0, 0.1) is 6.92 Å². The number of anilines is 1. The molecule has 0 aliphatic carbocycles. The lowest BCUT2D eigenvalue weighted by molar-refractivity contribution is 0.0935. The number of hydrogen-bond acceptors (Lipinski definition) is 10. The van der Waals surface area contributed by atoms with Crippen LogP contribution >= 0.6 is 0 Å². The fraction of sp³-hybridized carbons (Fsp3) is 0.341. The Morgan fingerprint density at radius 1 is 0.673 bits per heavy atom. The molecular formula is C41H48N2O9. The van der Waals surface area contributed by atoms with Crippen molar-refractivity contribution in [3.05, 3.63) is 88.5 Å². The second-order valence-electron chi connectivity index (χ2n) is 12.2. The minimum absolute atomic E-state index is 0.107. The standard InChI is InChI=1S/C41H48N2O9/c1-9-29(11-10-18-51-32-17-15-28(24-33(32)45-3)40-42-31-16-12-25(2)19-30(31)41(44)43-40)52-39-36(48-6)22-27(23-37(39)49-7)14-13-26-20-34(46-4)38(50-8)35(21-26)47-5/h12-17,19-24,29,40,42H,9-11,18H2,1-8H3,(H,43,44)/b14-13-. The van der Waals surface area contributed by atoms with E-state index in [2.05, 4.69) is 17.6 Å². The van der Waals surface area contributed by atoms with E-state index in [1.165, 1.54) is 0 Å². The van der Waals surface area contributed by atoms with Crippen molar-refractivity contribution in [3.8, 4) is 46.0 Å². The van der Waals surface area contributed by atoms with E-state index in [-0.39, 0.29) is 12.0 Å². The van der Waals surface area contributed by atoms with Gasteiger partial charge in [0.05, 0.1) is 60.9 Å².